The summed E-state index contributed by atoms with van der Waals surface area (Å²) in [5.74, 6) is -1.13. The zero-order valence-corrected chi connectivity index (χ0v) is 13.4. The predicted octanol–water partition coefficient (Wildman–Crippen LogP) is 2.00. The Morgan fingerprint density at radius 3 is 2.78 bits per heavy atom. The quantitative estimate of drug-likeness (QED) is 0.649. The second-order valence-corrected chi connectivity index (χ2v) is 5.46. The fourth-order valence-corrected chi connectivity index (χ4v) is 2.76. The van der Waals surface area contributed by atoms with Gasteiger partial charge in [0, 0.05) is 5.56 Å². The van der Waals surface area contributed by atoms with Crippen LogP contribution in [0.15, 0.2) is 23.1 Å². The summed E-state index contributed by atoms with van der Waals surface area (Å²) in [7, 11) is 1.41. The summed E-state index contributed by atoms with van der Waals surface area (Å²) in [5, 5.41) is 9.46. The lowest BCUT2D eigenvalue weighted by molar-refractivity contribution is -0.145. The van der Waals surface area contributed by atoms with Gasteiger partial charge in [-0.05, 0) is 30.8 Å². The number of thioether (sulfide) groups is 1. The molecule has 2 amide bonds. The Morgan fingerprint density at radius 2 is 2.13 bits per heavy atom. The molecular formula is C15H15NO6S. The average molecular weight is 337 g/mol. The maximum Gasteiger partial charge on any atom is 0.326 e. The summed E-state index contributed by atoms with van der Waals surface area (Å²) < 4.78 is 9.72. The summed E-state index contributed by atoms with van der Waals surface area (Å²) >= 11 is 0.698. The molecule has 1 fully saturated rings. The molecule has 1 heterocycles. The molecule has 0 atom stereocenters. The molecule has 1 N–H and O–H groups in total. The van der Waals surface area contributed by atoms with Gasteiger partial charge in [0.2, 0.25) is 0 Å². The number of hydrogen-bond acceptors (Lipinski definition) is 7. The Balaban J connectivity index is 2.24. The number of benzene rings is 1. The Labute approximate surface area is 136 Å². The van der Waals surface area contributed by atoms with Crippen molar-refractivity contribution in [1.82, 2.24) is 4.90 Å². The summed E-state index contributed by atoms with van der Waals surface area (Å²) in [6.07, 6.45) is 1.38. The summed E-state index contributed by atoms with van der Waals surface area (Å²) in [5.41, 5.74) is 0.339. The first kappa shape index (κ1) is 16.9. The minimum absolute atomic E-state index is 0.114. The van der Waals surface area contributed by atoms with E-state index in [0.717, 1.165) is 4.90 Å². The Hall–Kier alpha value is -2.48. The largest absolute Gasteiger partial charge is 0.504 e. The van der Waals surface area contributed by atoms with E-state index in [0.29, 0.717) is 17.3 Å². The molecule has 0 radical (unpaired) electrons. The number of hydrogen-bond donors (Lipinski definition) is 1. The SMILES string of the molecule is CCOC(=O)CN1C(=O)S/C(=C\c2cccc(OC)c2O)C1=O. The van der Waals surface area contributed by atoms with Crippen molar-refractivity contribution in [3.05, 3.63) is 28.7 Å². The van der Waals surface area contributed by atoms with Crippen LogP contribution in [0.4, 0.5) is 4.79 Å². The number of amides is 2. The Morgan fingerprint density at radius 1 is 1.39 bits per heavy atom. The molecule has 2 rings (SSSR count). The zero-order chi connectivity index (χ0) is 17.0. The molecule has 122 valence electrons. The molecule has 1 aromatic rings. The maximum absolute atomic E-state index is 12.2. The van der Waals surface area contributed by atoms with Crippen LogP contribution in [0.2, 0.25) is 0 Å². The normalized spacial score (nSPS) is 16.1. The number of ether oxygens (including phenoxy) is 2. The minimum Gasteiger partial charge on any atom is -0.504 e. The molecule has 0 unspecified atom stereocenters. The summed E-state index contributed by atoms with van der Waals surface area (Å²) in [6, 6.07) is 4.80. The molecule has 1 saturated heterocycles. The van der Waals surface area contributed by atoms with Crippen LogP contribution in [-0.4, -0.2) is 47.4 Å². The van der Waals surface area contributed by atoms with Gasteiger partial charge in [0.15, 0.2) is 11.5 Å². The highest BCUT2D eigenvalue weighted by Crippen LogP contribution is 2.36. The number of esters is 1. The van der Waals surface area contributed by atoms with Gasteiger partial charge in [-0.1, -0.05) is 12.1 Å². The van der Waals surface area contributed by atoms with Crippen LogP contribution in [0, 0.1) is 0 Å². The van der Waals surface area contributed by atoms with Gasteiger partial charge in [-0.3, -0.25) is 19.3 Å². The predicted molar refractivity (Wildman–Crippen MR) is 84.0 cm³/mol. The standard InChI is InChI=1S/C15H15NO6S/c1-3-22-12(17)8-16-14(19)11(23-15(16)20)7-9-5-4-6-10(21-2)13(9)18/h4-7,18H,3,8H2,1-2H3/b11-7-. The van der Waals surface area contributed by atoms with Crippen LogP contribution >= 0.6 is 11.8 Å². The van der Waals surface area contributed by atoms with Crippen LogP contribution in [0.25, 0.3) is 6.08 Å². The lowest BCUT2D eigenvalue weighted by Crippen LogP contribution is -2.34. The number of phenols is 1. The number of rotatable bonds is 5. The lowest BCUT2D eigenvalue weighted by atomic mass is 10.1. The molecule has 0 aromatic heterocycles. The number of aromatic hydroxyl groups is 1. The van der Waals surface area contributed by atoms with Crippen LogP contribution in [-0.2, 0) is 14.3 Å². The van der Waals surface area contributed by atoms with Crippen molar-refractivity contribution < 1.29 is 29.0 Å². The first-order chi connectivity index (χ1) is 11.0. The van der Waals surface area contributed by atoms with Crippen molar-refractivity contribution in [2.45, 2.75) is 6.92 Å². The van der Waals surface area contributed by atoms with Crippen LogP contribution in [0.1, 0.15) is 12.5 Å². The van der Waals surface area contributed by atoms with Crippen molar-refractivity contribution in [1.29, 1.82) is 0 Å². The van der Waals surface area contributed by atoms with Gasteiger partial charge in [-0.25, -0.2) is 0 Å². The van der Waals surface area contributed by atoms with E-state index in [2.05, 4.69) is 0 Å². The third kappa shape index (κ3) is 3.65. The van der Waals surface area contributed by atoms with Crippen molar-refractivity contribution in [3.8, 4) is 11.5 Å². The number of imide groups is 1. The summed E-state index contributed by atoms with van der Waals surface area (Å²) in [6.45, 7) is 1.37. The number of phenolic OH excluding ortho intramolecular Hbond substituents is 1. The molecule has 0 bridgehead atoms. The van der Waals surface area contributed by atoms with Gasteiger partial charge >= 0.3 is 5.97 Å². The van der Waals surface area contributed by atoms with E-state index in [1.54, 1.807) is 25.1 Å². The highest BCUT2D eigenvalue weighted by atomic mass is 32.2. The highest BCUT2D eigenvalue weighted by Gasteiger charge is 2.36. The topological polar surface area (TPSA) is 93.1 Å². The molecule has 8 heteroatoms. The first-order valence-corrected chi connectivity index (χ1v) is 7.56. The van der Waals surface area contributed by atoms with Crippen molar-refractivity contribution in [3.63, 3.8) is 0 Å². The van der Waals surface area contributed by atoms with Gasteiger partial charge in [0.1, 0.15) is 6.54 Å². The molecule has 1 aromatic carbocycles. The van der Waals surface area contributed by atoms with Crippen LogP contribution in [0.5, 0.6) is 11.5 Å². The Bertz CT molecular complexity index is 685. The zero-order valence-electron chi connectivity index (χ0n) is 12.6. The number of para-hydroxylation sites is 1. The smallest absolute Gasteiger partial charge is 0.326 e. The van der Waals surface area contributed by atoms with E-state index in [9.17, 15) is 19.5 Å². The monoisotopic (exact) mass is 337 g/mol. The molecule has 0 saturated carbocycles. The van der Waals surface area contributed by atoms with Gasteiger partial charge < -0.3 is 14.6 Å². The molecule has 0 spiro atoms. The Kier molecular flexibility index (Phi) is 5.28. The summed E-state index contributed by atoms with van der Waals surface area (Å²) in [4.78, 5) is 36.5. The van der Waals surface area contributed by atoms with Gasteiger partial charge in [0.25, 0.3) is 11.1 Å². The van der Waals surface area contributed by atoms with E-state index in [-0.39, 0.29) is 23.0 Å². The van der Waals surface area contributed by atoms with Crippen LogP contribution in [0.3, 0.4) is 0 Å². The van der Waals surface area contributed by atoms with Crippen molar-refractivity contribution in [2.24, 2.45) is 0 Å². The van der Waals surface area contributed by atoms with Crippen molar-refractivity contribution in [2.75, 3.05) is 20.3 Å². The van der Waals surface area contributed by atoms with Crippen molar-refractivity contribution >= 4 is 35.0 Å². The van der Waals surface area contributed by atoms with Gasteiger partial charge in [-0.2, -0.15) is 0 Å². The van der Waals surface area contributed by atoms with E-state index in [1.807, 2.05) is 0 Å². The number of nitrogens with zero attached hydrogens (tertiary/aromatic N) is 1. The van der Waals surface area contributed by atoms with Gasteiger partial charge in [0.05, 0.1) is 18.6 Å². The average Bonchev–Trinajstić information content (AvgIpc) is 2.77. The number of carbonyl (C=O) groups excluding carboxylic acids is 3. The molecule has 1 aliphatic rings. The van der Waals surface area contributed by atoms with E-state index in [4.69, 9.17) is 9.47 Å². The number of carbonyl (C=O) groups is 3. The second kappa shape index (κ2) is 7.19. The van der Waals surface area contributed by atoms with Crippen LogP contribution < -0.4 is 4.74 Å². The second-order valence-electron chi connectivity index (χ2n) is 4.47. The fourth-order valence-electron chi connectivity index (χ4n) is 1.93. The maximum atomic E-state index is 12.2. The third-order valence-electron chi connectivity index (χ3n) is 3.00. The third-order valence-corrected chi connectivity index (χ3v) is 3.91. The minimum atomic E-state index is -0.653. The van der Waals surface area contributed by atoms with E-state index >= 15 is 0 Å². The fraction of sp³-hybridized carbons (Fsp3) is 0.267. The number of methoxy groups -OCH3 is 1. The van der Waals surface area contributed by atoms with Gasteiger partial charge in [-0.15, -0.1) is 0 Å². The molecule has 0 aliphatic carbocycles. The molecule has 7 nitrogen and oxygen atoms in total. The first-order valence-electron chi connectivity index (χ1n) is 6.74. The van der Waals surface area contributed by atoms with E-state index < -0.39 is 23.7 Å². The molecule has 1 aliphatic heterocycles. The highest BCUT2D eigenvalue weighted by molar-refractivity contribution is 8.18. The molecule has 23 heavy (non-hydrogen) atoms. The molecular weight excluding hydrogens is 322 g/mol. The lowest BCUT2D eigenvalue weighted by Gasteiger charge is -2.10. The van der Waals surface area contributed by atoms with E-state index in [1.165, 1.54) is 13.2 Å².